The minimum Gasteiger partial charge on any atom is -0.333 e. The molecule has 2 aromatic carbocycles. The fourth-order valence-corrected chi connectivity index (χ4v) is 2.69. The molecule has 0 aliphatic carbocycles. The maximum Gasteiger partial charge on any atom is 0.244 e. The van der Waals surface area contributed by atoms with E-state index in [9.17, 15) is 9.59 Å². The molecule has 0 aliphatic heterocycles. The summed E-state index contributed by atoms with van der Waals surface area (Å²) in [7, 11) is 0. The largest absolute Gasteiger partial charge is 0.333 e. The zero-order valence-corrected chi connectivity index (χ0v) is 15.0. The Bertz CT molecular complexity index is 698. The average molecular weight is 338 g/mol. The van der Waals surface area contributed by atoms with Crippen molar-refractivity contribution in [3.63, 3.8) is 0 Å². The number of carbonyl (C=O) groups is 2. The number of benzene rings is 2. The van der Waals surface area contributed by atoms with Gasteiger partial charge < -0.3 is 10.2 Å². The summed E-state index contributed by atoms with van der Waals surface area (Å²) in [6, 6.07) is 17.6. The molecule has 0 aromatic heterocycles. The van der Waals surface area contributed by atoms with E-state index in [1.807, 2.05) is 68.4 Å². The number of para-hydroxylation sites is 1. The molecule has 1 N–H and O–H groups in total. The topological polar surface area (TPSA) is 49.4 Å². The molecule has 4 heteroatoms. The van der Waals surface area contributed by atoms with E-state index in [0.29, 0.717) is 19.4 Å². The second-order valence-corrected chi connectivity index (χ2v) is 6.16. The van der Waals surface area contributed by atoms with Gasteiger partial charge in [-0.15, -0.1) is 0 Å². The van der Waals surface area contributed by atoms with Crippen molar-refractivity contribution >= 4 is 17.5 Å². The van der Waals surface area contributed by atoms with Crippen molar-refractivity contribution in [3.8, 4) is 0 Å². The molecule has 0 aliphatic rings. The third kappa shape index (κ3) is 6.07. The van der Waals surface area contributed by atoms with Crippen LogP contribution in [0.15, 0.2) is 54.6 Å². The molecule has 0 radical (unpaired) electrons. The van der Waals surface area contributed by atoms with Crippen molar-refractivity contribution < 1.29 is 9.59 Å². The second-order valence-electron chi connectivity index (χ2n) is 6.16. The predicted molar refractivity (Wildman–Crippen MR) is 101 cm³/mol. The highest BCUT2D eigenvalue weighted by Crippen LogP contribution is 2.13. The first-order valence-corrected chi connectivity index (χ1v) is 8.77. The van der Waals surface area contributed by atoms with Gasteiger partial charge in [-0.3, -0.25) is 9.59 Å². The monoisotopic (exact) mass is 338 g/mol. The quantitative estimate of drug-likeness (QED) is 0.796. The molecule has 2 aromatic rings. The van der Waals surface area contributed by atoms with Gasteiger partial charge in [-0.2, -0.15) is 0 Å². The van der Waals surface area contributed by atoms with Gasteiger partial charge in [-0.1, -0.05) is 55.5 Å². The van der Waals surface area contributed by atoms with Crippen molar-refractivity contribution in [2.24, 2.45) is 0 Å². The molecule has 25 heavy (non-hydrogen) atoms. The zero-order chi connectivity index (χ0) is 18.1. The van der Waals surface area contributed by atoms with Crippen LogP contribution in [0, 0.1) is 6.92 Å². The Hall–Kier alpha value is -2.62. The van der Waals surface area contributed by atoms with E-state index in [4.69, 9.17) is 0 Å². The first-order valence-electron chi connectivity index (χ1n) is 8.77. The van der Waals surface area contributed by atoms with Crippen LogP contribution in [0.25, 0.3) is 0 Å². The average Bonchev–Trinajstić information content (AvgIpc) is 2.62. The number of carbonyl (C=O) groups excluding carboxylic acids is 2. The van der Waals surface area contributed by atoms with E-state index >= 15 is 0 Å². The number of rotatable bonds is 8. The molecular weight excluding hydrogens is 312 g/mol. The molecule has 132 valence electrons. The van der Waals surface area contributed by atoms with Crippen LogP contribution in [0.3, 0.4) is 0 Å². The Morgan fingerprint density at radius 2 is 1.68 bits per heavy atom. The van der Waals surface area contributed by atoms with Gasteiger partial charge in [0, 0.05) is 18.7 Å². The first-order chi connectivity index (χ1) is 12.1. The van der Waals surface area contributed by atoms with Crippen LogP contribution in [-0.4, -0.2) is 29.8 Å². The molecule has 4 nitrogen and oxygen atoms in total. The van der Waals surface area contributed by atoms with E-state index in [1.54, 1.807) is 4.90 Å². The number of amides is 2. The molecular formula is C21H26N2O2. The summed E-state index contributed by atoms with van der Waals surface area (Å²) in [5, 5.41) is 2.89. The fourth-order valence-electron chi connectivity index (χ4n) is 2.69. The van der Waals surface area contributed by atoms with E-state index < -0.39 is 0 Å². The van der Waals surface area contributed by atoms with E-state index in [-0.39, 0.29) is 18.4 Å². The Morgan fingerprint density at radius 3 is 2.36 bits per heavy atom. The summed E-state index contributed by atoms with van der Waals surface area (Å²) in [6.45, 7) is 4.64. The van der Waals surface area contributed by atoms with E-state index in [0.717, 1.165) is 23.2 Å². The van der Waals surface area contributed by atoms with Crippen molar-refractivity contribution in [2.45, 2.75) is 33.1 Å². The Kier molecular flexibility index (Phi) is 7.20. The number of nitrogens with zero attached hydrogens (tertiary/aromatic N) is 1. The van der Waals surface area contributed by atoms with Crippen LogP contribution in [0.1, 0.15) is 30.9 Å². The Morgan fingerprint density at radius 1 is 1.00 bits per heavy atom. The molecule has 0 saturated carbocycles. The molecule has 0 bridgehead atoms. The lowest BCUT2D eigenvalue weighted by atomic mass is 10.1. The molecule has 0 saturated heterocycles. The summed E-state index contributed by atoms with van der Waals surface area (Å²) in [6.07, 6.45) is 1.94. The third-order valence-electron chi connectivity index (χ3n) is 4.07. The Balaban J connectivity index is 1.91. The van der Waals surface area contributed by atoms with Gasteiger partial charge in [0.1, 0.15) is 0 Å². The smallest absolute Gasteiger partial charge is 0.244 e. The standard InChI is InChI=1S/C21H26N2O2/c1-3-15-23(21(25)14-13-18-10-5-4-6-11-18)16-20(24)22-19-12-8-7-9-17(19)2/h4-12H,3,13-16H2,1-2H3,(H,22,24). The lowest BCUT2D eigenvalue weighted by Crippen LogP contribution is -2.38. The minimum atomic E-state index is -0.157. The lowest BCUT2D eigenvalue weighted by Gasteiger charge is -2.22. The Labute approximate surface area is 149 Å². The number of hydrogen-bond acceptors (Lipinski definition) is 2. The fraction of sp³-hybridized carbons (Fsp3) is 0.333. The summed E-state index contributed by atoms with van der Waals surface area (Å²) in [5.74, 6) is -0.138. The highest BCUT2D eigenvalue weighted by atomic mass is 16.2. The molecule has 0 unspecified atom stereocenters. The maximum atomic E-state index is 12.5. The van der Waals surface area contributed by atoms with Crippen molar-refractivity contribution in [1.29, 1.82) is 0 Å². The van der Waals surface area contributed by atoms with Gasteiger partial charge in [0.15, 0.2) is 0 Å². The summed E-state index contributed by atoms with van der Waals surface area (Å²) in [5.41, 5.74) is 2.94. The van der Waals surface area contributed by atoms with Gasteiger partial charge in [0.05, 0.1) is 6.54 Å². The molecule has 0 heterocycles. The van der Waals surface area contributed by atoms with Crippen LogP contribution >= 0.6 is 0 Å². The predicted octanol–water partition coefficient (Wildman–Crippen LogP) is 3.80. The molecule has 0 atom stereocenters. The number of nitrogens with one attached hydrogen (secondary N) is 1. The van der Waals surface area contributed by atoms with Crippen molar-refractivity contribution in [1.82, 2.24) is 4.90 Å². The second kappa shape index (κ2) is 9.62. The van der Waals surface area contributed by atoms with Crippen molar-refractivity contribution in [2.75, 3.05) is 18.4 Å². The molecule has 2 amide bonds. The normalized spacial score (nSPS) is 10.3. The SMILES string of the molecule is CCCN(CC(=O)Nc1ccccc1C)C(=O)CCc1ccccc1. The minimum absolute atomic E-state index is 0.0191. The van der Waals surface area contributed by atoms with Crippen molar-refractivity contribution in [3.05, 3.63) is 65.7 Å². The van der Waals surface area contributed by atoms with Crippen LogP contribution in [-0.2, 0) is 16.0 Å². The van der Waals surface area contributed by atoms with E-state index in [2.05, 4.69) is 5.32 Å². The van der Waals surface area contributed by atoms with Gasteiger partial charge in [-0.05, 0) is 37.0 Å². The number of anilines is 1. The van der Waals surface area contributed by atoms with Crippen LogP contribution in [0.2, 0.25) is 0 Å². The van der Waals surface area contributed by atoms with Gasteiger partial charge in [-0.25, -0.2) is 0 Å². The molecule has 2 rings (SSSR count). The summed E-state index contributed by atoms with van der Waals surface area (Å²) >= 11 is 0. The van der Waals surface area contributed by atoms with Crippen LogP contribution in [0.5, 0.6) is 0 Å². The summed E-state index contributed by atoms with van der Waals surface area (Å²) < 4.78 is 0. The molecule has 0 spiro atoms. The van der Waals surface area contributed by atoms with Gasteiger partial charge in [0.25, 0.3) is 0 Å². The highest BCUT2D eigenvalue weighted by Gasteiger charge is 2.16. The number of hydrogen-bond donors (Lipinski definition) is 1. The van der Waals surface area contributed by atoms with Gasteiger partial charge >= 0.3 is 0 Å². The number of aryl methyl sites for hydroxylation is 2. The summed E-state index contributed by atoms with van der Waals surface area (Å²) in [4.78, 5) is 26.5. The lowest BCUT2D eigenvalue weighted by molar-refractivity contribution is -0.134. The zero-order valence-electron chi connectivity index (χ0n) is 15.0. The van der Waals surface area contributed by atoms with Crippen LogP contribution < -0.4 is 5.32 Å². The van der Waals surface area contributed by atoms with E-state index in [1.165, 1.54) is 0 Å². The van der Waals surface area contributed by atoms with Crippen LogP contribution in [0.4, 0.5) is 5.69 Å². The molecule has 0 fully saturated rings. The first kappa shape index (κ1) is 18.7. The highest BCUT2D eigenvalue weighted by molar-refractivity contribution is 5.95. The maximum absolute atomic E-state index is 12.5. The van der Waals surface area contributed by atoms with Gasteiger partial charge in [0.2, 0.25) is 11.8 Å². The third-order valence-corrected chi connectivity index (χ3v) is 4.07.